The first-order valence-electron chi connectivity index (χ1n) is 8.11. The van der Waals surface area contributed by atoms with Gasteiger partial charge in [-0.2, -0.15) is 5.10 Å². The number of ether oxygens (including phenoxy) is 1. The predicted octanol–water partition coefficient (Wildman–Crippen LogP) is 1.38. The van der Waals surface area contributed by atoms with E-state index < -0.39 is 0 Å². The van der Waals surface area contributed by atoms with Crippen LogP contribution < -0.4 is 0 Å². The Kier molecular flexibility index (Phi) is 5.76. The van der Waals surface area contributed by atoms with Crippen molar-refractivity contribution in [1.82, 2.24) is 19.6 Å². The summed E-state index contributed by atoms with van der Waals surface area (Å²) in [7, 11) is 1.85. The molecule has 0 bridgehead atoms. The molecule has 1 aromatic rings. The van der Waals surface area contributed by atoms with Crippen molar-refractivity contribution in [3.8, 4) is 0 Å². The van der Waals surface area contributed by atoms with Crippen molar-refractivity contribution in [3.05, 3.63) is 17.0 Å². The minimum Gasteiger partial charge on any atom is -0.450 e. The van der Waals surface area contributed by atoms with Crippen molar-refractivity contribution in [1.29, 1.82) is 0 Å². The Hall–Kier alpha value is -1.89. The van der Waals surface area contributed by atoms with Crippen LogP contribution in [-0.4, -0.2) is 70.8 Å². The molecule has 2 heterocycles. The molecule has 0 unspecified atom stereocenters. The summed E-state index contributed by atoms with van der Waals surface area (Å²) < 4.78 is 6.76. The number of hydrogen-bond donors (Lipinski definition) is 0. The number of Topliss-reactive ketones (excluding diaryl/α,β-unsaturated/α-hetero) is 1. The van der Waals surface area contributed by atoms with Crippen LogP contribution in [0.4, 0.5) is 4.79 Å². The fourth-order valence-electron chi connectivity index (χ4n) is 2.93. The minimum absolute atomic E-state index is 0.140. The third kappa shape index (κ3) is 4.10. The number of aryl methyl sites for hydroxylation is 2. The van der Waals surface area contributed by atoms with E-state index in [1.165, 1.54) is 0 Å². The monoisotopic (exact) mass is 322 g/mol. The molecule has 0 radical (unpaired) electrons. The quantitative estimate of drug-likeness (QED) is 0.766. The lowest BCUT2D eigenvalue weighted by Gasteiger charge is -2.33. The predicted molar refractivity (Wildman–Crippen MR) is 86.7 cm³/mol. The zero-order valence-corrected chi connectivity index (χ0v) is 14.5. The molecule has 2 rings (SSSR count). The molecule has 7 nitrogen and oxygen atoms in total. The van der Waals surface area contributed by atoms with Crippen LogP contribution in [0.25, 0.3) is 0 Å². The summed E-state index contributed by atoms with van der Waals surface area (Å²) in [6.07, 6.45) is 0.233. The second kappa shape index (κ2) is 7.59. The number of piperazine rings is 1. The second-order valence-electron chi connectivity index (χ2n) is 5.87. The number of aromatic nitrogens is 2. The second-order valence-corrected chi connectivity index (χ2v) is 5.87. The molecular formula is C16H26N4O3. The molecule has 0 aromatic carbocycles. The van der Waals surface area contributed by atoms with Gasteiger partial charge in [-0.15, -0.1) is 0 Å². The number of hydrogen-bond acceptors (Lipinski definition) is 5. The highest BCUT2D eigenvalue weighted by atomic mass is 16.6. The Balaban J connectivity index is 1.81. The molecule has 0 saturated carbocycles. The lowest BCUT2D eigenvalue weighted by molar-refractivity contribution is 0.0763. The zero-order valence-electron chi connectivity index (χ0n) is 14.5. The number of carbonyl (C=O) groups excluding carboxylic acids is 2. The summed E-state index contributed by atoms with van der Waals surface area (Å²) in [6, 6.07) is 0. The minimum atomic E-state index is -0.246. The molecule has 0 spiro atoms. The highest BCUT2D eigenvalue weighted by Gasteiger charge is 2.23. The van der Waals surface area contributed by atoms with Gasteiger partial charge >= 0.3 is 6.09 Å². The van der Waals surface area contributed by atoms with Gasteiger partial charge < -0.3 is 9.64 Å². The first-order chi connectivity index (χ1) is 10.9. The van der Waals surface area contributed by atoms with E-state index in [4.69, 9.17) is 4.74 Å². The smallest absolute Gasteiger partial charge is 0.409 e. The number of nitrogens with zero attached hydrogens (tertiary/aromatic N) is 4. The van der Waals surface area contributed by atoms with Gasteiger partial charge in [0.1, 0.15) is 0 Å². The summed E-state index contributed by atoms with van der Waals surface area (Å²) in [5.74, 6) is 0.140. The fraction of sp³-hybridized carbons (Fsp3) is 0.688. The molecule has 1 saturated heterocycles. The average Bonchev–Trinajstić information content (AvgIpc) is 2.78. The van der Waals surface area contributed by atoms with Gasteiger partial charge in [0.2, 0.25) is 0 Å². The highest BCUT2D eigenvalue weighted by Crippen LogP contribution is 2.15. The molecular weight excluding hydrogens is 296 g/mol. The van der Waals surface area contributed by atoms with E-state index in [1.807, 2.05) is 27.8 Å². The van der Waals surface area contributed by atoms with E-state index >= 15 is 0 Å². The number of rotatable bonds is 5. The summed E-state index contributed by atoms with van der Waals surface area (Å²) in [6.45, 7) is 9.57. The molecule has 0 aliphatic carbocycles. The maximum absolute atomic E-state index is 12.4. The first-order valence-corrected chi connectivity index (χ1v) is 8.11. The van der Waals surface area contributed by atoms with Crippen LogP contribution in [0.15, 0.2) is 0 Å². The van der Waals surface area contributed by atoms with Gasteiger partial charge in [0.25, 0.3) is 0 Å². The molecule has 0 N–H and O–H groups in total. The number of ketones is 1. The third-order valence-corrected chi connectivity index (χ3v) is 4.34. The van der Waals surface area contributed by atoms with Gasteiger partial charge in [-0.3, -0.25) is 14.4 Å². The Bertz CT molecular complexity index is 574. The molecule has 1 aliphatic rings. The van der Waals surface area contributed by atoms with Gasteiger partial charge in [0.15, 0.2) is 5.78 Å². The molecule has 128 valence electrons. The van der Waals surface area contributed by atoms with Crippen molar-refractivity contribution in [2.75, 3.05) is 39.3 Å². The van der Waals surface area contributed by atoms with Crippen molar-refractivity contribution < 1.29 is 14.3 Å². The zero-order chi connectivity index (χ0) is 17.0. The maximum Gasteiger partial charge on any atom is 0.409 e. The molecule has 1 aliphatic heterocycles. The first kappa shape index (κ1) is 17.5. The topological polar surface area (TPSA) is 67.7 Å². The number of carbonyl (C=O) groups is 2. The number of amides is 1. The van der Waals surface area contributed by atoms with Gasteiger partial charge in [-0.25, -0.2) is 4.79 Å². The van der Waals surface area contributed by atoms with E-state index in [1.54, 1.807) is 9.58 Å². The Labute approximate surface area is 137 Å². The van der Waals surface area contributed by atoms with E-state index in [9.17, 15) is 9.59 Å². The van der Waals surface area contributed by atoms with E-state index in [0.717, 1.165) is 30.0 Å². The summed E-state index contributed by atoms with van der Waals surface area (Å²) >= 11 is 0. The standard InChI is InChI=1S/C16H26N4O3/c1-5-23-16(22)20-10-8-19(9-11-20)7-6-14(21)15-12(2)17-18(4)13(15)3/h5-11H2,1-4H3. The lowest BCUT2D eigenvalue weighted by Crippen LogP contribution is -2.49. The maximum atomic E-state index is 12.4. The molecule has 1 amide bonds. The van der Waals surface area contributed by atoms with Crippen LogP contribution >= 0.6 is 0 Å². The third-order valence-electron chi connectivity index (χ3n) is 4.34. The van der Waals surface area contributed by atoms with E-state index in [2.05, 4.69) is 10.00 Å². The van der Waals surface area contributed by atoms with Crippen LogP contribution in [0, 0.1) is 13.8 Å². The SMILES string of the molecule is CCOC(=O)N1CCN(CCC(=O)c2c(C)nn(C)c2C)CC1. The molecule has 23 heavy (non-hydrogen) atoms. The molecule has 7 heteroatoms. The van der Waals surface area contributed by atoms with Crippen molar-refractivity contribution in [3.63, 3.8) is 0 Å². The normalized spacial score (nSPS) is 15.7. The van der Waals surface area contributed by atoms with Crippen LogP contribution in [0.2, 0.25) is 0 Å². The van der Waals surface area contributed by atoms with Crippen molar-refractivity contribution in [2.24, 2.45) is 7.05 Å². The molecule has 0 atom stereocenters. The van der Waals surface area contributed by atoms with Crippen LogP contribution in [0.1, 0.15) is 35.1 Å². The van der Waals surface area contributed by atoms with Gasteiger partial charge in [-0.1, -0.05) is 0 Å². The largest absolute Gasteiger partial charge is 0.450 e. The van der Waals surface area contributed by atoms with Gasteiger partial charge in [-0.05, 0) is 20.8 Å². The summed E-state index contributed by atoms with van der Waals surface area (Å²) in [5.41, 5.74) is 2.46. The Morgan fingerprint density at radius 3 is 2.35 bits per heavy atom. The Morgan fingerprint density at radius 2 is 1.83 bits per heavy atom. The summed E-state index contributed by atoms with van der Waals surface area (Å²) in [5, 5.41) is 4.30. The fourth-order valence-corrected chi connectivity index (χ4v) is 2.93. The van der Waals surface area contributed by atoms with Gasteiger partial charge in [0.05, 0.1) is 17.9 Å². The average molecular weight is 322 g/mol. The van der Waals surface area contributed by atoms with Crippen molar-refractivity contribution >= 4 is 11.9 Å². The van der Waals surface area contributed by atoms with Crippen LogP contribution in [0.3, 0.4) is 0 Å². The van der Waals surface area contributed by atoms with Gasteiger partial charge in [0, 0.05) is 51.9 Å². The van der Waals surface area contributed by atoms with Crippen LogP contribution in [0.5, 0.6) is 0 Å². The van der Waals surface area contributed by atoms with E-state index in [0.29, 0.717) is 32.7 Å². The highest BCUT2D eigenvalue weighted by molar-refractivity contribution is 5.98. The molecule has 1 fully saturated rings. The lowest BCUT2D eigenvalue weighted by atomic mass is 10.1. The van der Waals surface area contributed by atoms with Crippen LogP contribution in [-0.2, 0) is 11.8 Å². The Morgan fingerprint density at radius 1 is 1.17 bits per heavy atom. The van der Waals surface area contributed by atoms with E-state index in [-0.39, 0.29) is 11.9 Å². The van der Waals surface area contributed by atoms with Crippen molar-refractivity contribution in [2.45, 2.75) is 27.2 Å². The summed E-state index contributed by atoms with van der Waals surface area (Å²) in [4.78, 5) is 28.0. The molecule has 1 aromatic heterocycles.